The molecule has 7 nitrogen and oxygen atoms in total. The van der Waals surface area contributed by atoms with Crippen LogP contribution in [-0.2, 0) is 9.59 Å². The molecule has 0 aromatic carbocycles. The smallest absolute Gasteiger partial charge is 0.230 e. The highest BCUT2D eigenvalue weighted by atomic mass is 16.2. The molecular weight excluding hydrogens is 330 g/mol. The number of rotatable bonds is 3. The predicted molar refractivity (Wildman–Crippen MR) is 99.5 cm³/mol. The number of fused-ring (bicyclic) bond motifs is 1. The summed E-state index contributed by atoms with van der Waals surface area (Å²) >= 11 is 0. The highest BCUT2D eigenvalue weighted by Gasteiger charge is 2.54. The standard InChI is InChI=1S/C19H29N5O2/c1-14(2)16(25)23-10-5-7-19(17(26)22(3)4)13-24(12-15(19)11-23)18-20-8-6-9-21-18/h6,8-9,14-15H,5,7,10-13H2,1-4H3/t15-,19-/m0/s1. The van der Waals surface area contributed by atoms with E-state index in [2.05, 4.69) is 14.9 Å². The molecule has 26 heavy (non-hydrogen) atoms. The first-order chi connectivity index (χ1) is 12.3. The predicted octanol–water partition coefficient (Wildman–Crippen LogP) is 1.27. The Morgan fingerprint density at radius 2 is 1.92 bits per heavy atom. The van der Waals surface area contributed by atoms with Gasteiger partial charge in [-0.25, -0.2) is 9.97 Å². The highest BCUT2D eigenvalue weighted by molar-refractivity contribution is 5.85. The first-order valence-electron chi connectivity index (χ1n) is 9.37. The number of carbonyl (C=O) groups excluding carboxylic acids is 2. The van der Waals surface area contributed by atoms with Gasteiger partial charge in [0.05, 0.1) is 5.41 Å². The van der Waals surface area contributed by atoms with Crippen molar-refractivity contribution in [2.24, 2.45) is 17.3 Å². The summed E-state index contributed by atoms with van der Waals surface area (Å²) in [6.45, 7) is 6.54. The minimum atomic E-state index is -0.477. The van der Waals surface area contributed by atoms with Crippen LogP contribution in [-0.4, -0.2) is 71.9 Å². The maximum absolute atomic E-state index is 13.2. The molecule has 1 aromatic heterocycles. The Kier molecular flexibility index (Phi) is 5.16. The van der Waals surface area contributed by atoms with Gasteiger partial charge in [-0.1, -0.05) is 13.8 Å². The average Bonchev–Trinajstić information content (AvgIpc) is 2.90. The first kappa shape index (κ1) is 18.6. The number of amides is 2. The molecule has 0 aliphatic carbocycles. The maximum Gasteiger partial charge on any atom is 0.230 e. The Hall–Kier alpha value is -2.18. The minimum Gasteiger partial charge on any atom is -0.348 e. The lowest BCUT2D eigenvalue weighted by Gasteiger charge is -2.34. The molecule has 2 aliphatic rings. The van der Waals surface area contributed by atoms with Gasteiger partial charge in [0.2, 0.25) is 17.8 Å². The van der Waals surface area contributed by atoms with Gasteiger partial charge in [-0.2, -0.15) is 0 Å². The first-order valence-corrected chi connectivity index (χ1v) is 9.37. The third-order valence-electron chi connectivity index (χ3n) is 5.66. The van der Waals surface area contributed by atoms with E-state index in [1.165, 1.54) is 0 Å². The zero-order valence-corrected chi connectivity index (χ0v) is 16.2. The minimum absolute atomic E-state index is 0.0259. The SMILES string of the molecule is CC(C)C(=O)N1CCC[C@]2(C(=O)N(C)C)CN(c3ncccn3)C[C@@H]2C1. The van der Waals surface area contributed by atoms with Crippen molar-refractivity contribution in [2.75, 3.05) is 45.2 Å². The summed E-state index contributed by atoms with van der Waals surface area (Å²) < 4.78 is 0. The fraction of sp³-hybridized carbons (Fsp3) is 0.684. The van der Waals surface area contributed by atoms with Crippen LogP contribution in [0.25, 0.3) is 0 Å². The van der Waals surface area contributed by atoms with E-state index in [9.17, 15) is 9.59 Å². The molecule has 0 bridgehead atoms. The van der Waals surface area contributed by atoms with Crippen LogP contribution >= 0.6 is 0 Å². The van der Waals surface area contributed by atoms with Crippen LogP contribution in [0.5, 0.6) is 0 Å². The van der Waals surface area contributed by atoms with Crippen LogP contribution < -0.4 is 4.90 Å². The molecule has 3 heterocycles. The van der Waals surface area contributed by atoms with Gasteiger partial charge in [-0.15, -0.1) is 0 Å². The fourth-order valence-corrected chi connectivity index (χ4v) is 4.40. The molecule has 0 N–H and O–H groups in total. The molecule has 2 atom stereocenters. The topological polar surface area (TPSA) is 69.6 Å². The summed E-state index contributed by atoms with van der Waals surface area (Å²) in [5.41, 5.74) is -0.477. The van der Waals surface area contributed by atoms with Gasteiger partial charge in [-0.3, -0.25) is 9.59 Å². The molecule has 0 saturated carbocycles. The van der Waals surface area contributed by atoms with Gasteiger partial charge in [0, 0.05) is 64.5 Å². The zero-order valence-electron chi connectivity index (χ0n) is 16.2. The van der Waals surface area contributed by atoms with E-state index >= 15 is 0 Å². The number of aromatic nitrogens is 2. The van der Waals surface area contributed by atoms with Crippen molar-refractivity contribution in [1.29, 1.82) is 0 Å². The molecule has 2 amide bonds. The molecule has 2 saturated heterocycles. The van der Waals surface area contributed by atoms with Gasteiger partial charge < -0.3 is 14.7 Å². The summed E-state index contributed by atoms with van der Waals surface area (Å²) in [4.78, 5) is 40.3. The lowest BCUT2D eigenvalue weighted by atomic mass is 9.74. The van der Waals surface area contributed by atoms with Crippen LogP contribution in [0.3, 0.4) is 0 Å². The number of carbonyl (C=O) groups is 2. The second-order valence-corrected chi connectivity index (χ2v) is 8.02. The van der Waals surface area contributed by atoms with Gasteiger partial charge >= 0.3 is 0 Å². The highest BCUT2D eigenvalue weighted by Crippen LogP contribution is 2.44. The van der Waals surface area contributed by atoms with Crippen LogP contribution in [0.2, 0.25) is 0 Å². The van der Waals surface area contributed by atoms with E-state index in [1.54, 1.807) is 23.4 Å². The lowest BCUT2D eigenvalue weighted by molar-refractivity contribution is -0.142. The molecular formula is C19H29N5O2. The third kappa shape index (κ3) is 3.27. The van der Waals surface area contributed by atoms with E-state index in [4.69, 9.17) is 0 Å². The maximum atomic E-state index is 13.2. The normalized spacial score (nSPS) is 25.8. The zero-order chi connectivity index (χ0) is 18.9. The second kappa shape index (κ2) is 7.21. The quantitative estimate of drug-likeness (QED) is 0.813. The van der Waals surface area contributed by atoms with Crippen LogP contribution in [0.1, 0.15) is 26.7 Å². The van der Waals surface area contributed by atoms with E-state index in [0.29, 0.717) is 25.6 Å². The summed E-state index contributed by atoms with van der Waals surface area (Å²) in [6.07, 6.45) is 5.09. The summed E-state index contributed by atoms with van der Waals surface area (Å²) in [7, 11) is 3.63. The largest absolute Gasteiger partial charge is 0.348 e. The molecule has 0 unspecified atom stereocenters. The lowest BCUT2D eigenvalue weighted by Crippen LogP contribution is -2.48. The Bertz CT molecular complexity index is 663. The van der Waals surface area contributed by atoms with E-state index < -0.39 is 5.41 Å². The average molecular weight is 359 g/mol. The van der Waals surface area contributed by atoms with Gasteiger partial charge in [0.1, 0.15) is 0 Å². The number of hydrogen-bond donors (Lipinski definition) is 0. The Morgan fingerprint density at radius 1 is 1.23 bits per heavy atom. The number of likely N-dealkylation sites (tertiary alicyclic amines) is 1. The number of hydrogen-bond acceptors (Lipinski definition) is 5. The monoisotopic (exact) mass is 359 g/mol. The van der Waals surface area contributed by atoms with Crippen molar-refractivity contribution in [1.82, 2.24) is 19.8 Å². The van der Waals surface area contributed by atoms with Crippen molar-refractivity contribution >= 4 is 17.8 Å². The molecule has 2 aliphatic heterocycles. The van der Waals surface area contributed by atoms with Gasteiger partial charge in [-0.05, 0) is 18.9 Å². The van der Waals surface area contributed by atoms with Gasteiger partial charge in [0.25, 0.3) is 0 Å². The van der Waals surface area contributed by atoms with Gasteiger partial charge in [0.15, 0.2) is 0 Å². The summed E-state index contributed by atoms with van der Waals surface area (Å²) in [6, 6.07) is 1.79. The van der Waals surface area contributed by atoms with E-state index in [-0.39, 0.29) is 23.7 Å². The van der Waals surface area contributed by atoms with Crippen molar-refractivity contribution < 1.29 is 9.59 Å². The molecule has 1 aromatic rings. The van der Waals surface area contributed by atoms with Crippen molar-refractivity contribution in [3.05, 3.63) is 18.5 Å². The summed E-state index contributed by atoms with van der Waals surface area (Å²) in [5.74, 6) is 1.05. The van der Waals surface area contributed by atoms with Crippen molar-refractivity contribution in [3.63, 3.8) is 0 Å². The molecule has 0 spiro atoms. The van der Waals surface area contributed by atoms with Crippen LogP contribution in [0.15, 0.2) is 18.5 Å². The molecule has 3 rings (SSSR count). The molecule has 142 valence electrons. The van der Waals surface area contributed by atoms with Crippen molar-refractivity contribution in [3.8, 4) is 0 Å². The Labute approximate surface area is 155 Å². The second-order valence-electron chi connectivity index (χ2n) is 8.02. The van der Waals surface area contributed by atoms with E-state index in [0.717, 1.165) is 19.4 Å². The Balaban J connectivity index is 1.92. The molecule has 7 heteroatoms. The van der Waals surface area contributed by atoms with Crippen molar-refractivity contribution in [2.45, 2.75) is 26.7 Å². The third-order valence-corrected chi connectivity index (χ3v) is 5.66. The molecule has 0 radical (unpaired) electrons. The Morgan fingerprint density at radius 3 is 2.54 bits per heavy atom. The molecule has 2 fully saturated rings. The van der Waals surface area contributed by atoms with Crippen LogP contribution in [0, 0.1) is 17.3 Å². The fourth-order valence-electron chi connectivity index (χ4n) is 4.40. The van der Waals surface area contributed by atoms with E-state index in [1.807, 2.05) is 32.8 Å². The number of anilines is 1. The van der Waals surface area contributed by atoms with Crippen LogP contribution in [0.4, 0.5) is 5.95 Å². The number of nitrogens with zero attached hydrogens (tertiary/aromatic N) is 5. The summed E-state index contributed by atoms with van der Waals surface area (Å²) in [5, 5.41) is 0.